The molecule has 0 saturated heterocycles. The first-order chi connectivity index (χ1) is 7.11. The van der Waals surface area contributed by atoms with Crippen LogP contribution in [-0.2, 0) is 0 Å². The Morgan fingerprint density at radius 2 is 1.93 bits per heavy atom. The number of carbonyl (C=O) groups excluding carboxylic acids is 2. The summed E-state index contributed by atoms with van der Waals surface area (Å²) in [5.74, 6) is -1.49. The second-order valence-electron chi connectivity index (χ2n) is 2.98. The number of hydrogen-bond donors (Lipinski definition) is 2. The van der Waals surface area contributed by atoms with Gasteiger partial charge < -0.3 is 11.5 Å². The van der Waals surface area contributed by atoms with Crippen molar-refractivity contribution in [1.29, 1.82) is 0 Å². The number of rotatable bonds is 2. The van der Waals surface area contributed by atoms with Gasteiger partial charge in [0.05, 0.1) is 11.1 Å². The van der Waals surface area contributed by atoms with Crippen LogP contribution in [0.3, 0.4) is 0 Å². The van der Waals surface area contributed by atoms with Crippen LogP contribution in [0.4, 0.5) is 0 Å². The van der Waals surface area contributed by atoms with Crippen molar-refractivity contribution in [3.63, 3.8) is 0 Å². The third-order valence-electron chi connectivity index (χ3n) is 2.02. The van der Waals surface area contributed by atoms with E-state index in [0.717, 1.165) is 0 Å². The molecule has 0 bridgehead atoms. The first-order valence-corrected chi connectivity index (χ1v) is 4.18. The predicted molar refractivity (Wildman–Crippen MR) is 52.2 cm³/mol. The molecule has 2 rings (SSSR count). The molecular formula is C9H8N4O2. The monoisotopic (exact) mass is 204 g/mol. The van der Waals surface area contributed by atoms with Crippen LogP contribution in [-0.4, -0.2) is 21.4 Å². The second-order valence-corrected chi connectivity index (χ2v) is 2.98. The average Bonchev–Trinajstić information content (AvgIpc) is 2.56. The predicted octanol–water partition coefficient (Wildman–Crippen LogP) is -0.468. The molecule has 0 aliphatic heterocycles. The molecule has 0 aromatic carbocycles. The first kappa shape index (κ1) is 9.20. The maximum absolute atomic E-state index is 11.2. The maximum atomic E-state index is 11.2. The van der Waals surface area contributed by atoms with Crippen molar-refractivity contribution in [2.45, 2.75) is 0 Å². The van der Waals surface area contributed by atoms with Gasteiger partial charge in [-0.2, -0.15) is 5.10 Å². The van der Waals surface area contributed by atoms with E-state index in [1.54, 1.807) is 24.4 Å². The van der Waals surface area contributed by atoms with Crippen LogP contribution in [0.5, 0.6) is 0 Å². The highest BCUT2D eigenvalue weighted by Crippen LogP contribution is 2.14. The smallest absolute Gasteiger partial charge is 0.270 e. The second kappa shape index (κ2) is 3.09. The summed E-state index contributed by atoms with van der Waals surface area (Å²) in [5.41, 5.74) is 10.7. The van der Waals surface area contributed by atoms with Gasteiger partial charge in [-0.15, -0.1) is 0 Å². The molecule has 2 aromatic rings. The van der Waals surface area contributed by atoms with E-state index in [1.807, 2.05) is 0 Å². The van der Waals surface area contributed by atoms with Gasteiger partial charge in [0.25, 0.3) is 11.8 Å². The summed E-state index contributed by atoms with van der Waals surface area (Å²) in [6.45, 7) is 0. The number of amides is 2. The molecule has 4 N–H and O–H groups in total. The average molecular weight is 204 g/mol. The summed E-state index contributed by atoms with van der Waals surface area (Å²) in [7, 11) is 0. The standard InChI is InChI=1S/C9H8N4O2/c10-8(14)6-5-3-1-2-4-13(5)12-7(6)9(11)15/h1-4H,(H2,10,14)(H2,11,15). The SMILES string of the molecule is NC(=O)c1nn2ccccc2c1C(N)=O. The topological polar surface area (TPSA) is 103 Å². The molecule has 0 aliphatic rings. The van der Waals surface area contributed by atoms with Gasteiger partial charge in [0.15, 0.2) is 5.69 Å². The zero-order valence-electron chi connectivity index (χ0n) is 7.68. The molecule has 76 valence electrons. The lowest BCUT2D eigenvalue weighted by Gasteiger charge is -1.93. The highest BCUT2D eigenvalue weighted by molar-refractivity contribution is 6.09. The van der Waals surface area contributed by atoms with Crippen LogP contribution < -0.4 is 11.5 Å². The minimum atomic E-state index is -0.771. The largest absolute Gasteiger partial charge is 0.365 e. The highest BCUT2D eigenvalue weighted by atomic mass is 16.2. The Bertz CT molecular complexity index is 558. The molecule has 2 amide bonds. The van der Waals surface area contributed by atoms with E-state index in [1.165, 1.54) is 4.52 Å². The Kier molecular flexibility index (Phi) is 1.89. The zero-order chi connectivity index (χ0) is 11.0. The number of nitrogens with two attached hydrogens (primary N) is 2. The third kappa shape index (κ3) is 1.32. The highest BCUT2D eigenvalue weighted by Gasteiger charge is 2.20. The molecule has 2 aromatic heterocycles. The molecular weight excluding hydrogens is 196 g/mol. The molecule has 15 heavy (non-hydrogen) atoms. The van der Waals surface area contributed by atoms with E-state index in [-0.39, 0.29) is 11.3 Å². The number of aromatic nitrogens is 2. The number of nitrogens with zero attached hydrogens (tertiary/aromatic N) is 2. The Balaban J connectivity index is 2.86. The van der Waals surface area contributed by atoms with Gasteiger partial charge in [-0.25, -0.2) is 4.52 Å². The van der Waals surface area contributed by atoms with Crippen molar-refractivity contribution in [2.24, 2.45) is 11.5 Å². The van der Waals surface area contributed by atoms with Gasteiger partial charge >= 0.3 is 0 Å². The molecule has 0 radical (unpaired) electrons. The van der Waals surface area contributed by atoms with Gasteiger partial charge in [-0.05, 0) is 12.1 Å². The fourth-order valence-corrected chi connectivity index (χ4v) is 1.41. The minimum Gasteiger partial charge on any atom is -0.365 e. The van der Waals surface area contributed by atoms with Gasteiger partial charge in [-0.3, -0.25) is 9.59 Å². The molecule has 0 fully saturated rings. The van der Waals surface area contributed by atoms with Crippen LogP contribution in [0, 0.1) is 0 Å². The van der Waals surface area contributed by atoms with Crippen LogP contribution in [0.15, 0.2) is 24.4 Å². The maximum Gasteiger partial charge on any atom is 0.270 e. The Hall–Kier alpha value is -2.37. The van der Waals surface area contributed by atoms with Gasteiger partial charge in [0, 0.05) is 6.20 Å². The zero-order valence-corrected chi connectivity index (χ0v) is 7.68. The Labute approximate surface area is 84.5 Å². The summed E-state index contributed by atoms with van der Waals surface area (Å²) >= 11 is 0. The van der Waals surface area contributed by atoms with E-state index < -0.39 is 11.8 Å². The Morgan fingerprint density at radius 3 is 2.53 bits per heavy atom. The van der Waals surface area contributed by atoms with Crippen molar-refractivity contribution >= 4 is 17.3 Å². The quantitative estimate of drug-likeness (QED) is 0.691. The lowest BCUT2D eigenvalue weighted by Crippen LogP contribution is -2.19. The normalized spacial score (nSPS) is 10.4. The lowest BCUT2D eigenvalue weighted by molar-refractivity contribution is 0.0965. The van der Waals surface area contributed by atoms with E-state index in [2.05, 4.69) is 5.10 Å². The molecule has 2 heterocycles. The van der Waals surface area contributed by atoms with Crippen molar-refractivity contribution in [3.05, 3.63) is 35.7 Å². The first-order valence-electron chi connectivity index (χ1n) is 4.18. The third-order valence-corrected chi connectivity index (χ3v) is 2.02. The summed E-state index contributed by atoms with van der Waals surface area (Å²) in [6.07, 6.45) is 1.61. The summed E-state index contributed by atoms with van der Waals surface area (Å²) in [6, 6.07) is 5.07. The molecule has 0 spiro atoms. The molecule has 0 aliphatic carbocycles. The fourth-order valence-electron chi connectivity index (χ4n) is 1.41. The number of carbonyl (C=O) groups is 2. The number of primary amides is 2. The van der Waals surface area contributed by atoms with Gasteiger partial charge in [-0.1, -0.05) is 6.07 Å². The van der Waals surface area contributed by atoms with Gasteiger partial charge in [0.2, 0.25) is 0 Å². The van der Waals surface area contributed by atoms with E-state index in [9.17, 15) is 9.59 Å². The van der Waals surface area contributed by atoms with Crippen molar-refractivity contribution in [3.8, 4) is 0 Å². The van der Waals surface area contributed by atoms with Crippen molar-refractivity contribution in [1.82, 2.24) is 9.61 Å². The lowest BCUT2D eigenvalue weighted by atomic mass is 10.2. The molecule has 0 atom stereocenters. The van der Waals surface area contributed by atoms with Crippen LogP contribution in [0.2, 0.25) is 0 Å². The molecule has 6 nitrogen and oxygen atoms in total. The van der Waals surface area contributed by atoms with Crippen LogP contribution in [0.25, 0.3) is 5.52 Å². The molecule has 6 heteroatoms. The van der Waals surface area contributed by atoms with E-state index in [4.69, 9.17) is 11.5 Å². The van der Waals surface area contributed by atoms with Crippen molar-refractivity contribution in [2.75, 3.05) is 0 Å². The number of hydrogen-bond acceptors (Lipinski definition) is 3. The Morgan fingerprint density at radius 1 is 1.20 bits per heavy atom. The fraction of sp³-hybridized carbons (Fsp3) is 0. The minimum absolute atomic E-state index is 0.0584. The number of pyridine rings is 1. The summed E-state index contributed by atoms with van der Waals surface area (Å²) in [5, 5.41) is 3.87. The molecule has 0 saturated carbocycles. The van der Waals surface area contributed by atoms with Crippen LogP contribution >= 0.6 is 0 Å². The van der Waals surface area contributed by atoms with Crippen LogP contribution in [0.1, 0.15) is 20.8 Å². The van der Waals surface area contributed by atoms with Crippen molar-refractivity contribution < 1.29 is 9.59 Å². The molecule has 0 unspecified atom stereocenters. The summed E-state index contributed by atoms with van der Waals surface area (Å²) in [4.78, 5) is 22.2. The van der Waals surface area contributed by atoms with E-state index >= 15 is 0 Å². The number of fused-ring (bicyclic) bond motifs is 1. The van der Waals surface area contributed by atoms with Gasteiger partial charge in [0.1, 0.15) is 0 Å². The van der Waals surface area contributed by atoms with E-state index in [0.29, 0.717) is 5.52 Å². The summed E-state index contributed by atoms with van der Waals surface area (Å²) < 4.78 is 1.39.